The Labute approximate surface area is 201 Å². The molecule has 0 spiro atoms. The molecule has 1 aromatic heterocycles. The number of hydrogen-bond acceptors (Lipinski definition) is 6. The van der Waals surface area contributed by atoms with Crippen LogP contribution in [-0.4, -0.2) is 51.7 Å². The first kappa shape index (κ1) is 23.7. The van der Waals surface area contributed by atoms with Crippen molar-refractivity contribution in [1.82, 2.24) is 14.7 Å². The SMILES string of the molecule is CCCCCn1nc(C(=O)N2CCN(c3ccc(Cl)cc3[N+](=O)[O-])CC2)c2ccccc2c1=O. The van der Waals surface area contributed by atoms with Crippen molar-refractivity contribution in [3.8, 4) is 0 Å². The molecule has 0 N–H and O–H groups in total. The molecule has 2 aromatic carbocycles. The quantitative estimate of drug-likeness (QED) is 0.285. The van der Waals surface area contributed by atoms with Gasteiger partial charge >= 0.3 is 0 Å². The molecule has 0 unspecified atom stereocenters. The summed E-state index contributed by atoms with van der Waals surface area (Å²) in [4.78, 5) is 41.0. The van der Waals surface area contributed by atoms with E-state index < -0.39 is 4.92 Å². The van der Waals surface area contributed by atoms with Gasteiger partial charge in [0, 0.05) is 49.2 Å². The van der Waals surface area contributed by atoms with Crippen LogP contribution in [0.5, 0.6) is 0 Å². The highest BCUT2D eigenvalue weighted by Crippen LogP contribution is 2.31. The summed E-state index contributed by atoms with van der Waals surface area (Å²) in [6.45, 7) is 4.17. The molecular weight excluding hydrogens is 458 g/mol. The second-order valence-electron chi connectivity index (χ2n) is 8.30. The molecule has 1 aliphatic heterocycles. The topological polar surface area (TPSA) is 102 Å². The number of carbonyl (C=O) groups excluding carboxylic acids is 1. The number of nitro benzene ring substituents is 1. The van der Waals surface area contributed by atoms with Crippen LogP contribution in [-0.2, 0) is 6.54 Å². The number of amides is 1. The average Bonchev–Trinajstić information content (AvgIpc) is 2.85. The molecule has 34 heavy (non-hydrogen) atoms. The van der Waals surface area contributed by atoms with Gasteiger partial charge in [0.1, 0.15) is 5.69 Å². The van der Waals surface area contributed by atoms with Crippen LogP contribution in [0.2, 0.25) is 5.02 Å². The molecule has 1 saturated heterocycles. The molecule has 0 radical (unpaired) electrons. The molecule has 1 aliphatic rings. The van der Waals surface area contributed by atoms with Gasteiger partial charge in [0.15, 0.2) is 5.69 Å². The third-order valence-corrected chi connectivity index (χ3v) is 6.32. The van der Waals surface area contributed by atoms with Crippen molar-refractivity contribution < 1.29 is 9.72 Å². The van der Waals surface area contributed by atoms with Crippen molar-refractivity contribution in [2.75, 3.05) is 31.1 Å². The first-order valence-electron chi connectivity index (χ1n) is 11.4. The number of aryl methyl sites for hydroxylation is 1. The molecule has 3 aromatic rings. The standard InChI is InChI=1S/C24H26ClN5O4/c1-2-3-6-11-29-23(31)19-8-5-4-7-18(19)22(26-29)24(32)28-14-12-27(13-15-28)20-10-9-17(25)16-21(20)30(33)34/h4-5,7-10,16H,2-3,6,11-15H2,1H3. The van der Waals surface area contributed by atoms with E-state index in [4.69, 9.17) is 11.6 Å². The van der Waals surface area contributed by atoms with Crippen molar-refractivity contribution in [3.05, 3.63) is 73.6 Å². The van der Waals surface area contributed by atoms with Crippen LogP contribution in [0.15, 0.2) is 47.3 Å². The van der Waals surface area contributed by atoms with E-state index in [1.807, 2.05) is 4.90 Å². The Hall–Kier alpha value is -3.46. The number of aromatic nitrogens is 2. The molecule has 1 fully saturated rings. The van der Waals surface area contributed by atoms with Crippen LogP contribution in [0.4, 0.5) is 11.4 Å². The van der Waals surface area contributed by atoms with Crippen LogP contribution < -0.4 is 10.5 Å². The summed E-state index contributed by atoms with van der Waals surface area (Å²) in [6, 6.07) is 11.7. The Morgan fingerprint density at radius 3 is 2.47 bits per heavy atom. The van der Waals surface area contributed by atoms with E-state index in [0.29, 0.717) is 54.2 Å². The molecule has 0 bridgehead atoms. The molecule has 0 saturated carbocycles. The summed E-state index contributed by atoms with van der Waals surface area (Å²) in [7, 11) is 0. The van der Waals surface area contributed by atoms with E-state index >= 15 is 0 Å². The van der Waals surface area contributed by atoms with Gasteiger partial charge in [-0.15, -0.1) is 0 Å². The number of benzene rings is 2. The highest BCUT2D eigenvalue weighted by molar-refractivity contribution is 6.30. The second kappa shape index (κ2) is 10.2. The molecule has 178 valence electrons. The molecule has 1 amide bonds. The normalized spacial score (nSPS) is 13.9. The van der Waals surface area contributed by atoms with Gasteiger partial charge in [-0.3, -0.25) is 19.7 Å². The predicted molar refractivity (Wildman–Crippen MR) is 132 cm³/mol. The largest absolute Gasteiger partial charge is 0.362 e. The maximum atomic E-state index is 13.5. The van der Waals surface area contributed by atoms with Crippen molar-refractivity contribution in [2.45, 2.75) is 32.7 Å². The molecule has 4 rings (SSSR count). The lowest BCUT2D eigenvalue weighted by molar-refractivity contribution is -0.384. The Morgan fingerprint density at radius 1 is 1.09 bits per heavy atom. The minimum atomic E-state index is -0.448. The first-order valence-corrected chi connectivity index (χ1v) is 11.8. The van der Waals surface area contributed by atoms with Crippen molar-refractivity contribution in [2.24, 2.45) is 0 Å². The fourth-order valence-electron chi connectivity index (χ4n) is 4.27. The number of fused-ring (bicyclic) bond motifs is 1. The van der Waals surface area contributed by atoms with Gasteiger partial charge < -0.3 is 9.80 Å². The summed E-state index contributed by atoms with van der Waals surface area (Å²) in [6.07, 6.45) is 2.81. The number of unbranched alkanes of at least 4 members (excludes halogenated alkanes) is 2. The number of hydrogen-bond donors (Lipinski definition) is 0. The van der Waals surface area contributed by atoms with Gasteiger partial charge in [0.05, 0.1) is 10.3 Å². The highest BCUT2D eigenvalue weighted by Gasteiger charge is 2.28. The van der Waals surface area contributed by atoms with E-state index in [9.17, 15) is 19.7 Å². The Kier molecular flexibility index (Phi) is 7.12. The van der Waals surface area contributed by atoms with Gasteiger partial charge in [0.2, 0.25) is 0 Å². The number of halogens is 1. The number of anilines is 1. The lowest BCUT2D eigenvalue weighted by Crippen LogP contribution is -2.49. The number of nitro groups is 1. The zero-order valence-electron chi connectivity index (χ0n) is 18.9. The molecule has 10 heteroatoms. The van der Waals surface area contributed by atoms with Gasteiger partial charge in [-0.25, -0.2) is 4.68 Å². The number of carbonyl (C=O) groups is 1. The summed E-state index contributed by atoms with van der Waals surface area (Å²) < 4.78 is 1.40. The van der Waals surface area contributed by atoms with Gasteiger partial charge in [0.25, 0.3) is 17.2 Å². The maximum absolute atomic E-state index is 13.5. The summed E-state index contributed by atoms with van der Waals surface area (Å²) >= 11 is 5.94. The molecule has 9 nitrogen and oxygen atoms in total. The van der Waals surface area contributed by atoms with Crippen LogP contribution in [0.25, 0.3) is 10.8 Å². The van der Waals surface area contributed by atoms with Crippen LogP contribution >= 0.6 is 11.6 Å². The third kappa shape index (κ3) is 4.75. The van der Waals surface area contributed by atoms with Crippen molar-refractivity contribution >= 4 is 39.7 Å². The lowest BCUT2D eigenvalue weighted by atomic mass is 10.1. The summed E-state index contributed by atoms with van der Waals surface area (Å²) in [5.74, 6) is -0.245. The maximum Gasteiger partial charge on any atom is 0.294 e. The van der Waals surface area contributed by atoms with Crippen molar-refractivity contribution in [1.29, 1.82) is 0 Å². The fourth-order valence-corrected chi connectivity index (χ4v) is 4.43. The Bertz CT molecular complexity index is 1280. The van der Waals surface area contributed by atoms with E-state index in [2.05, 4.69) is 12.0 Å². The summed E-state index contributed by atoms with van der Waals surface area (Å²) in [5, 5.41) is 17.3. The summed E-state index contributed by atoms with van der Waals surface area (Å²) in [5.41, 5.74) is 0.495. The average molecular weight is 484 g/mol. The van der Waals surface area contributed by atoms with E-state index in [-0.39, 0.29) is 22.8 Å². The third-order valence-electron chi connectivity index (χ3n) is 6.09. The highest BCUT2D eigenvalue weighted by atomic mass is 35.5. The minimum Gasteiger partial charge on any atom is -0.362 e. The second-order valence-corrected chi connectivity index (χ2v) is 8.74. The smallest absolute Gasteiger partial charge is 0.294 e. The Morgan fingerprint density at radius 2 is 1.79 bits per heavy atom. The van der Waals surface area contributed by atoms with E-state index in [1.54, 1.807) is 41.3 Å². The lowest BCUT2D eigenvalue weighted by Gasteiger charge is -2.35. The van der Waals surface area contributed by atoms with Crippen molar-refractivity contribution in [3.63, 3.8) is 0 Å². The van der Waals surface area contributed by atoms with Gasteiger partial charge in [-0.1, -0.05) is 49.6 Å². The van der Waals surface area contributed by atoms with Crippen LogP contribution in [0.1, 0.15) is 36.7 Å². The first-order chi connectivity index (χ1) is 16.4. The fraction of sp³-hybridized carbons (Fsp3) is 0.375. The zero-order chi connectivity index (χ0) is 24.2. The Balaban J connectivity index is 1.58. The number of piperazine rings is 1. The number of rotatable bonds is 7. The monoisotopic (exact) mass is 483 g/mol. The number of nitrogens with zero attached hydrogens (tertiary/aromatic N) is 5. The predicted octanol–water partition coefficient (Wildman–Crippen LogP) is 4.11. The molecule has 2 heterocycles. The molecular formula is C24H26ClN5O4. The van der Waals surface area contributed by atoms with Gasteiger partial charge in [-0.2, -0.15) is 5.10 Å². The van der Waals surface area contributed by atoms with Gasteiger partial charge in [-0.05, 0) is 24.6 Å². The van der Waals surface area contributed by atoms with E-state index in [0.717, 1.165) is 19.3 Å². The van der Waals surface area contributed by atoms with Crippen LogP contribution in [0, 0.1) is 10.1 Å². The zero-order valence-corrected chi connectivity index (χ0v) is 19.7. The van der Waals surface area contributed by atoms with E-state index in [1.165, 1.54) is 10.7 Å². The molecule has 0 atom stereocenters. The van der Waals surface area contributed by atoms with Crippen LogP contribution in [0.3, 0.4) is 0 Å². The molecule has 0 aliphatic carbocycles. The minimum absolute atomic E-state index is 0.0564.